The molecule has 126 valence electrons. The average molecular weight is 561 g/mol. The van der Waals surface area contributed by atoms with Crippen molar-refractivity contribution in [1.29, 1.82) is 0 Å². The quantitative estimate of drug-likeness (QED) is 0.352. The maximum absolute atomic E-state index is 6.61. The molecule has 1 aliphatic rings. The molecule has 0 spiro atoms. The molecular weight excluding hydrogens is 547 g/mol. The van der Waals surface area contributed by atoms with Crippen molar-refractivity contribution in [2.75, 3.05) is 0 Å². The third kappa shape index (κ3) is 3.72. The Kier molecular flexibility index (Phi) is 5.32. The summed E-state index contributed by atoms with van der Waals surface area (Å²) in [5.41, 5.74) is 0. The van der Waals surface area contributed by atoms with Gasteiger partial charge in [0, 0.05) is 0 Å². The van der Waals surface area contributed by atoms with Crippen LogP contribution in [0.3, 0.4) is 0 Å². The topological polar surface area (TPSA) is 18.5 Å². The van der Waals surface area contributed by atoms with E-state index in [4.69, 9.17) is 9.05 Å². The monoisotopic (exact) mass is 564 g/mol. The molecule has 0 N–H and O–H groups in total. The molecule has 2 atom stereocenters. The van der Waals surface area contributed by atoms with Gasteiger partial charge in [0.25, 0.3) is 0 Å². The Hall–Kier alpha value is -0.322. The molecule has 25 heavy (non-hydrogen) atoms. The summed E-state index contributed by atoms with van der Waals surface area (Å²) in [6.45, 7) is 0. The molecule has 0 aromatic heterocycles. The molecule has 0 fully saturated rings. The van der Waals surface area contributed by atoms with E-state index in [1.54, 1.807) is 0 Å². The number of para-hydroxylation sites is 2. The van der Waals surface area contributed by atoms with Crippen LogP contribution in [0.2, 0.25) is 0 Å². The Balaban J connectivity index is 1.91. The van der Waals surface area contributed by atoms with Gasteiger partial charge >= 0.3 is 169 Å². The Morgan fingerprint density at radius 3 is 1.32 bits per heavy atom. The summed E-state index contributed by atoms with van der Waals surface area (Å²) in [5, 5.41) is 2.48. The van der Waals surface area contributed by atoms with Gasteiger partial charge in [0.2, 0.25) is 0 Å². The third-order valence-electron chi connectivity index (χ3n) is 3.65. The summed E-state index contributed by atoms with van der Waals surface area (Å²) >= 11 is 7.02. The number of rotatable bonds is 2. The van der Waals surface area contributed by atoms with Crippen molar-refractivity contribution in [2.45, 2.75) is 0 Å². The first-order valence-electron chi connectivity index (χ1n) is 7.60. The normalized spacial score (nSPS) is 25.1. The Morgan fingerprint density at radius 1 is 0.560 bits per heavy atom. The van der Waals surface area contributed by atoms with Crippen LogP contribution in [-0.2, 0) is 0 Å². The van der Waals surface area contributed by atoms with E-state index in [1.807, 2.05) is 36.4 Å². The summed E-state index contributed by atoms with van der Waals surface area (Å²) in [5.74, 6) is 1.65. The molecule has 2 nitrogen and oxygen atoms in total. The van der Waals surface area contributed by atoms with Crippen molar-refractivity contribution >= 4 is 63.7 Å². The Labute approximate surface area is 168 Å². The molecule has 0 radical (unpaired) electrons. The number of fused-ring (bicyclic) bond motifs is 1. The van der Waals surface area contributed by atoms with Crippen LogP contribution < -0.4 is 19.7 Å². The summed E-state index contributed by atoms with van der Waals surface area (Å²) in [7, 11) is 0. The fraction of sp³-hybridized carbons (Fsp3) is 0. The van der Waals surface area contributed by atoms with Gasteiger partial charge in [-0.05, 0) is 0 Å². The molecule has 0 bridgehead atoms. The fourth-order valence-electron chi connectivity index (χ4n) is 2.46. The molecular formula is C18H14O2P2Se3. The van der Waals surface area contributed by atoms with Gasteiger partial charge in [-0.1, -0.05) is 0 Å². The molecule has 7 heteroatoms. The molecule has 1 aliphatic heterocycles. The van der Waals surface area contributed by atoms with Crippen LogP contribution in [0.15, 0.2) is 84.9 Å². The van der Waals surface area contributed by atoms with Gasteiger partial charge in [0.1, 0.15) is 0 Å². The van der Waals surface area contributed by atoms with Crippen LogP contribution in [0, 0.1) is 0 Å². The molecule has 2 unspecified atom stereocenters. The van der Waals surface area contributed by atoms with E-state index in [0.717, 1.165) is 11.5 Å². The Bertz CT molecular complexity index is 913. The van der Waals surface area contributed by atoms with Gasteiger partial charge in [0.15, 0.2) is 0 Å². The Morgan fingerprint density at radius 2 is 0.920 bits per heavy atom. The van der Waals surface area contributed by atoms with Gasteiger partial charge in [0.05, 0.1) is 0 Å². The first-order valence-corrected chi connectivity index (χ1v) is 19.9. The van der Waals surface area contributed by atoms with Crippen LogP contribution in [0.5, 0.6) is 11.5 Å². The SMILES string of the molecule is [Se]=P1(c2ccccc2)Oc2ccccc2OP(=[Se])(c2ccccc2)[Se]1. The average Bonchev–Trinajstić information content (AvgIpc) is 2.77. The summed E-state index contributed by atoms with van der Waals surface area (Å²) in [4.78, 5) is 0. The van der Waals surface area contributed by atoms with Crippen LogP contribution >= 0.6 is 8.85 Å². The van der Waals surface area contributed by atoms with E-state index in [2.05, 4.69) is 78.7 Å². The van der Waals surface area contributed by atoms with E-state index in [0.29, 0.717) is 0 Å². The van der Waals surface area contributed by atoms with Crippen LogP contribution in [0.25, 0.3) is 0 Å². The van der Waals surface area contributed by atoms with Crippen LogP contribution in [0.1, 0.15) is 0 Å². The summed E-state index contributed by atoms with van der Waals surface area (Å²) in [6.07, 6.45) is 0. The second-order valence-electron chi connectivity index (χ2n) is 5.38. The van der Waals surface area contributed by atoms with E-state index in [-0.39, 0.29) is 14.1 Å². The minimum atomic E-state index is -1.95. The first kappa shape index (κ1) is 18.1. The predicted octanol–water partition coefficient (Wildman–Crippen LogP) is 3.68. The standard InChI is InChI=1S/C18H14O2P2Se3/c23-21(15-9-3-1-4-10-15)19-17-13-7-8-14-18(17)20-22(24,25-21)16-11-5-2-6-12-16/h1-14H. The number of hydrogen-bond acceptors (Lipinski definition) is 2. The molecule has 1 heterocycles. The van der Waals surface area contributed by atoms with Gasteiger partial charge in [-0.15, -0.1) is 0 Å². The summed E-state index contributed by atoms with van der Waals surface area (Å²) < 4.78 is 9.33. The van der Waals surface area contributed by atoms with Crippen molar-refractivity contribution in [3.8, 4) is 11.5 Å². The van der Waals surface area contributed by atoms with Gasteiger partial charge in [-0.3, -0.25) is 0 Å². The van der Waals surface area contributed by atoms with Crippen LogP contribution in [0.4, 0.5) is 0 Å². The van der Waals surface area contributed by atoms with Crippen molar-refractivity contribution in [2.24, 2.45) is 0 Å². The zero-order valence-electron chi connectivity index (χ0n) is 13.0. The zero-order valence-corrected chi connectivity index (χ0v) is 19.9. The number of benzene rings is 3. The molecule has 0 aliphatic carbocycles. The maximum atomic E-state index is 6.61. The van der Waals surface area contributed by atoms with Crippen LogP contribution in [-0.4, -0.2) is 44.3 Å². The van der Waals surface area contributed by atoms with E-state index in [9.17, 15) is 0 Å². The van der Waals surface area contributed by atoms with Crippen molar-refractivity contribution < 1.29 is 9.05 Å². The zero-order chi connectivity index (χ0) is 17.3. The van der Waals surface area contributed by atoms with Gasteiger partial charge < -0.3 is 0 Å². The molecule has 3 aromatic carbocycles. The fourth-order valence-corrected chi connectivity index (χ4v) is 50.4. The number of hydrogen-bond donors (Lipinski definition) is 0. The summed E-state index contributed by atoms with van der Waals surface area (Å²) in [6, 6.07) is 29.0. The van der Waals surface area contributed by atoms with E-state index < -0.39 is 8.85 Å². The van der Waals surface area contributed by atoms with Gasteiger partial charge in [-0.25, -0.2) is 0 Å². The second-order valence-corrected chi connectivity index (χ2v) is 32.5. The molecule has 0 saturated carbocycles. The molecule has 0 saturated heterocycles. The first-order chi connectivity index (χ1) is 12.1. The second kappa shape index (κ2) is 7.36. The van der Waals surface area contributed by atoms with E-state index >= 15 is 0 Å². The van der Waals surface area contributed by atoms with Gasteiger partial charge in [-0.2, -0.15) is 0 Å². The van der Waals surface area contributed by atoms with Crippen molar-refractivity contribution in [3.63, 3.8) is 0 Å². The molecule has 0 amide bonds. The van der Waals surface area contributed by atoms with Crippen molar-refractivity contribution in [3.05, 3.63) is 84.9 Å². The minimum absolute atomic E-state index is 0.0989. The predicted molar refractivity (Wildman–Crippen MR) is 111 cm³/mol. The molecule has 3 aromatic rings. The molecule has 4 rings (SSSR count). The third-order valence-corrected chi connectivity index (χ3v) is 36.5. The van der Waals surface area contributed by atoms with Crippen molar-refractivity contribution in [1.82, 2.24) is 0 Å². The van der Waals surface area contributed by atoms with E-state index in [1.165, 1.54) is 10.6 Å².